The van der Waals surface area contributed by atoms with Crippen molar-refractivity contribution in [2.75, 3.05) is 54.1 Å². The zero-order chi connectivity index (χ0) is 20.6. The van der Waals surface area contributed by atoms with Crippen molar-refractivity contribution in [1.82, 2.24) is 20.1 Å². The van der Waals surface area contributed by atoms with E-state index in [-0.39, 0.29) is 6.04 Å². The average molecular weight is 418 g/mol. The lowest BCUT2D eigenvalue weighted by molar-refractivity contribution is 0.0169. The van der Waals surface area contributed by atoms with Crippen LogP contribution in [-0.4, -0.2) is 74.8 Å². The van der Waals surface area contributed by atoms with Crippen molar-refractivity contribution in [2.24, 2.45) is 4.99 Å². The van der Waals surface area contributed by atoms with E-state index in [9.17, 15) is 0 Å². The molecule has 158 valence electrons. The fourth-order valence-corrected chi connectivity index (χ4v) is 4.15. The summed E-state index contributed by atoms with van der Waals surface area (Å²) in [5.41, 5.74) is 2.33. The van der Waals surface area contributed by atoms with Crippen LogP contribution >= 0.6 is 11.3 Å². The molecule has 0 spiro atoms. The lowest BCUT2D eigenvalue weighted by atomic mass is 10.0. The predicted molar refractivity (Wildman–Crippen MR) is 118 cm³/mol. The molecule has 1 N–H and O–H groups in total. The van der Waals surface area contributed by atoms with E-state index in [2.05, 4.69) is 42.6 Å². The Morgan fingerprint density at radius 3 is 2.66 bits per heavy atom. The first-order chi connectivity index (χ1) is 14.1. The zero-order valence-corrected chi connectivity index (χ0v) is 18.5. The minimum atomic E-state index is 0.233. The predicted octanol–water partition coefficient (Wildman–Crippen LogP) is 2.54. The molecule has 29 heavy (non-hydrogen) atoms. The van der Waals surface area contributed by atoms with E-state index in [1.54, 1.807) is 18.4 Å². The topological polar surface area (TPSA) is 62.2 Å². The fourth-order valence-electron chi connectivity index (χ4n) is 3.54. The van der Waals surface area contributed by atoms with E-state index in [1.165, 1.54) is 5.56 Å². The van der Waals surface area contributed by atoms with Gasteiger partial charge in [-0.3, -0.25) is 9.89 Å². The van der Waals surface area contributed by atoms with Crippen LogP contribution in [0.3, 0.4) is 0 Å². The van der Waals surface area contributed by atoms with Gasteiger partial charge in [-0.25, -0.2) is 4.98 Å². The van der Waals surface area contributed by atoms with E-state index >= 15 is 0 Å². The van der Waals surface area contributed by atoms with Crippen LogP contribution in [0.25, 0.3) is 0 Å². The number of aryl methyl sites for hydroxylation is 1. The molecule has 0 saturated carbocycles. The van der Waals surface area contributed by atoms with Gasteiger partial charge < -0.3 is 19.7 Å². The third-order valence-electron chi connectivity index (χ3n) is 5.08. The molecule has 2 heterocycles. The summed E-state index contributed by atoms with van der Waals surface area (Å²) in [6.45, 7) is 6.90. The highest BCUT2D eigenvalue weighted by molar-refractivity contribution is 7.09. The van der Waals surface area contributed by atoms with Crippen LogP contribution in [0.5, 0.6) is 5.75 Å². The molecule has 1 fully saturated rings. The SMILES string of the molecule is CN=C(NCC(c1ccc(OC)cc1)N1CCOCC1)N(C)Cc1csc(C)n1. The van der Waals surface area contributed by atoms with Gasteiger partial charge in [0.1, 0.15) is 5.75 Å². The summed E-state index contributed by atoms with van der Waals surface area (Å²) in [7, 11) is 5.56. The maximum atomic E-state index is 5.56. The van der Waals surface area contributed by atoms with Gasteiger partial charge in [-0.1, -0.05) is 12.1 Å². The van der Waals surface area contributed by atoms with Crippen LogP contribution in [0.2, 0.25) is 0 Å². The number of benzene rings is 1. The number of nitrogens with zero attached hydrogens (tertiary/aromatic N) is 4. The second kappa shape index (κ2) is 10.6. The summed E-state index contributed by atoms with van der Waals surface area (Å²) in [6.07, 6.45) is 0. The molecule has 1 saturated heterocycles. The maximum Gasteiger partial charge on any atom is 0.193 e. The summed E-state index contributed by atoms with van der Waals surface area (Å²) in [5, 5.41) is 6.75. The zero-order valence-electron chi connectivity index (χ0n) is 17.7. The van der Waals surface area contributed by atoms with E-state index < -0.39 is 0 Å². The standard InChI is InChI=1S/C21H31N5O2S/c1-16-24-18(15-29-16)14-25(3)21(22-2)23-13-20(26-9-11-28-12-10-26)17-5-7-19(27-4)8-6-17/h5-8,15,20H,9-14H2,1-4H3,(H,22,23). The molecule has 0 bridgehead atoms. The van der Waals surface area contributed by atoms with E-state index in [1.807, 2.05) is 33.2 Å². The normalized spacial score (nSPS) is 16.5. The average Bonchev–Trinajstić information content (AvgIpc) is 3.16. The van der Waals surface area contributed by atoms with Crippen molar-refractivity contribution in [3.05, 3.63) is 45.9 Å². The molecule has 2 aromatic rings. The first kappa shape index (κ1) is 21.5. The summed E-state index contributed by atoms with van der Waals surface area (Å²) in [6, 6.07) is 8.57. The van der Waals surface area contributed by atoms with Gasteiger partial charge in [0.15, 0.2) is 5.96 Å². The van der Waals surface area contributed by atoms with Crippen molar-refractivity contribution < 1.29 is 9.47 Å². The number of rotatable bonds is 7. The fraction of sp³-hybridized carbons (Fsp3) is 0.524. The summed E-state index contributed by atoms with van der Waals surface area (Å²) in [5.74, 6) is 1.74. The third kappa shape index (κ3) is 5.91. The van der Waals surface area contributed by atoms with E-state index in [0.717, 1.165) is 61.8 Å². The minimum Gasteiger partial charge on any atom is -0.497 e. The van der Waals surface area contributed by atoms with Gasteiger partial charge in [0.2, 0.25) is 0 Å². The van der Waals surface area contributed by atoms with Crippen LogP contribution in [0.15, 0.2) is 34.6 Å². The quantitative estimate of drug-likeness (QED) is 0.552. The van der Waals surface area contributed by atoms with Gasteiger partial charge in [-0.05, 0) is 24.6 Å². The van der Waals surface area contributed by atoms with Crippen LogP contribution < -0.4 is 10.1 Å². The van der Waals surface area contributed by atoms with Crippen LogP contribution in [0.4, 0.5) is 0 Å². The van der Waals surface area contributed by atoms with Crippen LogP contribution in [-0.2, 0) is 11.3 Å². The number of hydrogen-bond acceptors (Lipinski definition) is 6. The van der Waals surface area contributed by atoms with Gasteiger partial charge in [0.05, 0.1) is 43.6 Å². The van der Waals surface area contributed by atoms with Gasteiger partial charge >= 0.3 is 0 Å². The number of aromatic nitrogens is 1. The molecule has 7 nitrogen and oxygen atoms in total. The summed E-state index contributed by atoms with van der Waals surface area (Å²) >= 11 is 1.68. The second-order valence-electron chi connectivity index (χ2n) is 7.08. The van der Waals surface area contributed by atoms with Gasteiger partial charge in [-0.2, -0.15) is 0 Å². The molecule has 0 aliphatic carbocycles. The van der Waals surface area contributed by atoms with Crippen molar-refractivity contribution in [1.29, 1.82) is 0 Å². The Bertz CT molecular complexity index is 787. The van der Waals surface area contributed by atoms with Crippen molar-refractivity contribution in [3.8, 4) is 5.75 Å². The Hall–Kier alpha value is -2.16. The molecule has 1 aliphatic rings. The molecule has 1 unspecified atom stereocenters. The number of ether oxygens (including phenoxy) is 2. The Morgan fingerprint density at radius 2 is 2.07 bits per heavy atom. The van der Waals surface area contributed by atoms with Gasteiger partial charge in [0.25, 0.3) is 0 Å². The molecule has 0 radical (unpaired) electrons. The van der Waals surface area contributed by atoms with Crippen LogP contribution in [0, 0.1) is 6.92 Å². The first-order valence-electron chi connectivity index (χ1n) is 9.89. The van der Waals surface area contributed by atoms with Crippen molar-refractivity contribution in [3.63, 3.8) is 0 Å². The largest absolute Gasteiger partial charge is 0.497 e. The highest BCUT2D eigenvalue weighted by atomic mass is 32.1. The highest BCUT2D eigenvalue weighted by Crippen LogP contribution is 2.23. The summed E-state index contributed by atoms with van der Waals surface area (Å²) < 4.78 is 10.9. The number of aliphatic imine (C=N–C) groups is 1. The highest BCUT2D eigenvalue weighted by Gasteiger charge is 2.23. The molecule has 1 aliphatic heterocycles. The Labute approximate surface area is 177 Å². The molecular formula is C21H31N5O2S. The van der Waals surface area contributed by atoms with Gasteiger partial charge in [0, 0.05) is 39.1 Å². The molecule has 0 amide bonds. The lowest BCUT2D eigenvalue weighted by Crippen LogP contribution is -2.46. The number of guanidine groups is 1. The van der Waals surface area contributed by atoms with E-state index in [4.69, 9.17) is 9.47 Å². The summed E-state index contributed by atoms with van der Waals surface area (Å²) in [4.78, 5) is 13.6. The van der Waals surface area contributed by atoms with E-state index in [0.29, 0.717) is 0 Å². The smallest absolute Gasteiger partial charge is 0.193 e. The Morgan fingerprint density at radius 1 is 1.34 bits per heavy atom. The van der Waals surface area contributed by atoms with Crippen LogP contribution in [0.1, 0.15) is 22.3 Å². The molecule has 1 aromatic heterocycles. The minimum absolute atomic E-state index is 0.233. The number of nitrogens with one attached hydrogen (secondary N) is 1. The Balaban J connectivity index is 1.68. The first-order valence-corrected chi connectivity index (χ1v) is 10.8. The molecule has 1 aromatic carbocycles. The number of thiazole rings is 1. The number of hydrogen-bond donors (Lipinski definition) is 1. The molecular weight excluding hydrogens is 386 g/mol. The molecule has 1 atom stereocenters. The molecule has 3 rings (SSSR count). The van der Waals surface area contributed by atoms with Gasteiger partial charge in [-0.15, -0.1) is 11.3 Å². The monoisotopic (exact) mass is 417 g/mol. The lowest BCUT2D eigenvalue weighted by Gasteiger charge is -2.35. The number of methoxy groups -OCH3 is 1. The maximum absolute atomic E-state index is 5.56. The third-order valence-corrected chi connectivity index (χ3v) is 5.90. The van der Waals surface area contributed by atoms with Crippen molar-refractivity contribution >= 4 is 17.3 Å². The second-order valence-corrected chi connectivity index (χ2v) is 8.14. The Kier molecular flexibility index (Phi) is 7.85. The number of morpholine rings is 1. The van der Waals surface area contributed by atoms with Crippen molar-refractivity contribution in [2.45, 2.75) is 19.5 Å². The molecule has 8 heteroatoms.